The van der Waals surface area contributed by atoms with Gasteiger partial charge < -0.3 is 12.4 Å². The first-order valence-electron chi connectivity index (χ1n) is 14.6. The minimum Gasteiger partial charge on any atom is -1.00 e. The van der Waals surface area contributed by atoms with Gasteiger partial charge in [0.1, 0.15) is 5.69 Å². The lowest BCUT2D eigenvalue weighted by Gasteiger charge is -2.39. The molecule has 1 aromatic carbocycles. The molecule has 1 rings (SSSR count). The summed E-state index contributed by atoms with van der Waals surface area (Å²) in [5.41, 5.74) is 3.06. The lowest BCUT2D eigenvalue weighted by atomic mass is 10.0. The van der Waals surface area contributed by atoms with E-state index in [1.54, 1.807) is 5.69 Å². The average Bonchev–Trinajstić information content (AvgIpc) is 2.79. The number of hydrogen-bond donors (Lipinski definition) is 0. The molecule has 1 nitrogen and oxygen atoms in total. The second kappa shape index (κ2) is 22.0. The lowest BCUT2D eigenvalue weighted by molar-refractivity contribution is -0.00000716. The van der Waals surface area contributed by atoms with Gasteiger partial charge in [-0.1, -0.05) is 129 Å². The zero-order valence-corrected chi connectivity index (χ0v) is 23.7. The molecule has 0 radical (unpaired) electrons. The summed E-state index contributed by atoms with van der Waals surface area (Å²) in [6, 6.07) is 9.14. The smallest absolute Gasteiger partial charge is 0.135 e. The summed E-state index contributed by atoms with van der Waals surface area (Å²) >= 11 is 0. The van der Waals surface area contributed by atoms with Gasteiger partial charge >= 0.3 is 0 Å². The van der Waals surface area contributed by atoms with Gasteiger partial charge in [0.05, 0.1) is 19.6 Å². The number of rotatable bonds is 22. The molecular formula is C31H58ClN. The molecular weight excluding hydrogens is 422 g/mol. The van der Waals surface area contributed by atoms with Crippen LogP contribution in [0.4, 0.5) is 5.69 Å². The minimum absolute atomic E-state index is 0. The molecule has 0 heterocycles. The van der Waals surface area contributed by atoms with Crippen molar-refractivity contribution in [3.63, 3.8) is 0 Å². The van der Waals surface area contributed by atoms with Crippen molar-refractivity contribution in [1.82, 2.24) is 4.48 Å². The van der Waals surface area contributed by atoms with E-state index >= 15 is 0 Å². The summed E-state index contributed by atoms with van der Waals surface area (Å²) in [6.07, 6.45) is 25.7. The second-order valence-corrected chi connectivity index (χ2v) is 10.4. The molecule has 0 saturated carbocycles. The van der Waals surface area contributed by atoms with Gasteiger partial charge in [0.25, 0.3) is 0 Å². The minimum atomic E-state index is 0. The van der Waals surface area contributed by atoms with Crippen LogP contribution in [-0.2, 0) is 0 Å². The Hall–Kier alpha value is -0.530. The maximum Gasteiger partial charge on any atom is 0.135 e. The summed E-state index contributed by atoms with van der Waals surface area (Å²) in [7, 11) is 0. The molecule has 33 heavy (non-hydrogen) atoms. The van der Waals surface area contributed by atoms with E-state index in [4.69, 9.17) is 0 Å². The van der Waals surface area contributed by atoms with E-state index in [2.05, 4.69) is 52.0 Å². The highest BCUT2D eigenvalue weighted by Gasteiger charge is 2.29. The SMILES string of the molecule is CCCCCCCCCCCCCCCCCC[N+](CCC)(CCC)c1ccccc1C.[Cl-]. The van der Waals surface area contributed by atoms with E-state index in [1.165, 1.54) is 145 Å². The number of hydrogen-bond acceptors (Lipinski definition) is 0. The molecule has 0 unspecified atom stereocenters. The van der Waals surface area contributed by atoms with Gasteiger partial charge in [-0.15, -0.1) is 0 Å². The van der Waals surface area contributed by atoms with Crippen LogP contribution in [-0.4, -0.2) is 19.6 Å². The number of unbranched alkanes of at least 4 members (excludes halogenated alkanes) is 15. The Balaban J connectivity index is 0.0000102. The van der Waals surface area contributed by atoms with E-state index in [1.807, 2.05) is 0 Å². The Labute approximate surface area is 215 Å². The molecule has 0 fully saturated rings. The molecule has 0 amide bonds. The molecule has 194 valence electrons. The van der Waals surface area contributed by atoms with E-state index in [-0.39, 0.29) is 12.4 Å². The van der Waals surface area contributed by atoms with E-state index in [0.717, 1.165) is 0 Å². The van der Waals surface area contributed by atoms with Crippen molar-refractivity contribution in [2.24, 2.45) is 0 Å². The number of nitrogens with zero attached hydrogens (tertiary/aromatic N) is 1. The lowest BCUT2D eigenvalue weighted by Crippen LogP contribution is -3.00. The molecule has 0 bridgehead atoms. The largest absolute Gasteiger partial charge is 1.00 e. The van der Waals surface area contributed by atoms with Gasteiger partial charge in [0, 0.05) is 5.56 Å². The number of quaternary nitrogens is 1. The fourth-order valence-corrected chi connectivity index (χ4v) is 5.61. The normalized spacial score (nSPS) is 11.5. The third kappa shape index (κ3) is 14.5. The Kier molecular flexibility index (Phi) is 21.6. The van der Waals surface area contributed by atoms with Crippen molar-refractivity contribution in [2.75, 3.05) is 19.6 Å². The number of benzene rings is 1. The fourth-order valence-electron chi connectivity index (χ4n) is 5.61. The topological polar surface area (TPSA) is 0 Å². The third-order valence-electron chi connectivity index (χ3n) is 7.37. The molecule has 0 saturated heterocycles. The maximum atomic E-state index is 2.40. The monoisotopic (exact) mass is 479 g/mol. The Morgan fingerprint density at radius 2 is 0.879 bits per heavy atom. The fraction of sp³-hybridized carbons (Fsp3) is 0.806. The predicted octanol–water partition coefficient (Wildman–Crippen LogP) is 7.39. The van der Waals surface area contributed by atoms with Gasteiger partial charge in [-0.2, -0.15) is 0 Å². The molecule has 0 spiro atoms. The maximum absolute atomic E-state index is 2.40. The Morgan fingerprint density at radius 1 is 0.485 bits per heavy atom. The van der Waals surface area contributed by atoms with E-state index in [0.29, 0.717) is 0 Å². The molecule has 0 aromatic heterocycles. The highest BCUT2D eigenvalue weighted by atomic mass is 35.5. The van der Waals surface area contributed by atoms with Gasteiger partial charge in [0.15, 0.2) is 0 Å². The first-order chi connectivity index (χ1) is 15.7. The first-order valence-corrected chi connectivity index (χ1v) is 14.6. The number of halogens is 1. The molecule has 0 aliphatic heterocycles. The van der Waals surface area contributed by atoms with Gasteiger partial charge in [-0.25, -0.2) is 0 Å². The zero-order valence-electron chi connectivity index (χ0n) is 23.0. The van der Waals surface area contributed by atoms with Crippen molar-refractivity contribution in [3.8, 4) is 0 Å². The van der Waals surface area contributed by atoms with Crippen molar-refractivity contribution < 1.29 is 12.4 Å². The van der Waals surface area contributed by atoms with Crippen LogP contribution in [0.5, 0.6) is 0 Å². The Bertz CT molecular complexity index is 535. The van der Waals surface area contributed by atoms with Gasteiger partial charge in [0.2, 0.25) is 0 Å². The van der Waals surface area contributed by atoms with Crippen LogP contribution in [0.15, 0.2) is 24.3 Å². The molecule has 0 atom stereocenters. The average molecular weight is 480 g/mol. The van der Waals surface area contributed by atoms with Crippen molar-refractivity contribution in [1.29, 1.82) is 0 Å². The van der Waals surface area contributed by atoms with Gasteiger partial charge in [-0.3, -0.25) is 4.48 Å². The van der Waals surface area contributed by atoms with Crippen LogP contribution in [0.2, 0.25) is 0 Å². The summed E-state index contributed by atoms with van der Waals surface area (Å²) < 4.78 is 1.21. The Morgan fingerprint density at radius 3 is 1.27 bits per heavy atom. The van der Waals surface area contributed by atoms with Crippen molar-refractivity contribution in [3.05, 3.63) is 29.8 Å². The standard InChI is InChI=1S/C31H58N.ClH/c1-5-8-9-10-11-12-13-14-15-16-17-18-19-20-21-24-29-32(27-6-2,28-7-3)31-26-23-22-25-30(31)4;/h22-23,25-26H,5-21,24,27-29H2,1-4H3;1H/q+1;/p-1. The molecule has 0 aliphatic carbocycles. The molecule has 0 aliphatic rings. The van der Waals surface area contributed by atoms with Crippen molar-refractivity contribution in [2.45, 2.75) is 143 Å². The summed E-state index contributed by atoms with van der Waals surface area (Å²) in [4.78, 5) is 0. The van der Waals surface area contributed by atoms with E-state index < -0.39 is 0 Å². The summed E-state index contributed by atoms with van der Waals surface area (Å²) in [6.45, 7) is 13.2. The van der Waals surface area contributed by atoms with Crippen LogP contribution < -0.4 is 16.9 Å². The van der Waals surface area contributed by atoms with Crippen LogP contribution >= 0.6 is 0 Å². The summed E-state index contributed by atoms with van der Waals surface area (Å²) in [5.74, 6) is 0. The van der Waals surface area contributed by atoms with E-state index in [9.17, 15) is 0 Å². The molecule has 0 N–H and O–H groups in total. The zero-order chi connectivity index (χ0) is 23.3. The van der Waals surface area contributed by atoms with Crippen LogP contribution in [0.1, 0.15) is 142 Å². The van der Waals surface area contributed by atoms with Crippen LogP contribution in [0.3, 0.4) is 0 Å². The van der Waals surface area contributed by atoms with Crippen LogP contribution in [0.25, 0.3) is 0 Å². The molecule has 1 aromatic rings. The predicted molar refractivity (Wildman–Crippen MR) is 148 cm³/mol. The highest BCUT2D eigenvalue weighted by Crippen LogP contribution is 2.29. The molecule has 2 heteroatoms. The quantitative estimate of drug-likeness (QED) is 0.120. The summed E-state index contributed by atoms with van der Waals surface area (Å²) in [5, 5.41) is 0. The first kappa shape index (κ1) is 32.5. The number of para-hydroxylation sites is 1. The van der Waals surface area contributed by atoms with Crippen LogP contribution in [0, 0.1) is 6.92 Å². The van der Waals surface area contributed by atoms with Gasteiger partial charge in [-0.05, 0) is 38.7 Å². The third-order valence-corrected chi connectivity index (χ3v) is 7.37. The van der Waals surface area contributed by atoms with Crippen molar-refractivity contribution >= 4 is 5.69 Å². The second-order valence-electron chi connectivity index (χ2n) is 10.4. The number of aryl methyl sites for hydroxylation is 1. The highest BCUT2D eigenvalue weighted by molar-refractivity contribution is 5.49.